The highest BCUT2D eigenvalue weighted by Crippen LogP contribution is 2.32. The fraction of sp³-hybridized carbons (Fsp3) is 0.480. The molecule has 3 heterocycles. The van der Waals surface area contributed by atoms with Crippen LogP contribution >= 0.6 is 11.3 Å². The zero-order valence-corrected chi connectivity index (χ0v) is 20.4. The predicted molar refractivity (Wildman–Crippen MR) is 133 cm³/mol. The molecular weight excluding hydrogens is 468 g/mol. The first-order valence-electron chi connectivity index (χ1n) is 12.1. The molecule has 5 rings (SSSR count). The highest BCUT2D eigenvalue weighted by molar-refractivity contribution is 7.14. The third-order valence-corrected chi connectivity index (χ3v) is 7.70. The SMILES string of the molecule is CN1C(=O)c2cc(NC(=O)Nc3cccs3)ccc2OC[C@H]2O[C@@H](CC(=O)NC3CCC3)CC[C@@H]21. The summed E-state index contributed by atoms with van der Waals surface area (Å²) in [6.45, 7) is 0.279. The Bertz CT molecular complexity index is 1090. The van der Waals surface area contributed by atoms with Crippen LogP contribution in [0.2, 0.25) is 0 Å². The van der Waals surface area contributed by atoms with Crippen molar-refractivity contribution >= 4 is 39.9 Å². The molecule has 0 radical (unpaired) electrons. The minimum Gasteiger partial charge on any atom is -0.490 e. The molecule has 3 aliphatic rings. The van der Waals surface area contributed by atoms with Crippen molar-refractivity contribution in [3.63, 3.8) is 0 Å². The number of fused-ring (bicyclic) bond motifs is 2. The van der Waals surface area contributed by atoms with E-state index in [1.54, 1.807) is 30.1 Å². The summed E-state index contributed by atoms with van der Waals surface area (Å²) in [7, 11) is 1.77. The van der Waals surface area contributed by atoms with Crippen LogP contribution in [0, 0.1) is 0 Å². The maximum atomic E-state index is 13.4. The molecule has 3 atom stereocenters. The van der Waals surface area contributed by atoms with Gasteiger partial charge in [-0.05, 0) is 67.8 Å². The number of hydrogen-bond donors (Lipinski definition) is 3. The first-order chi connectivity index (χ1) is 17.0. The highest BCUT2D eigenvalue weighted by Gasteiger charge is 2.39. The van der Waals surface area contributed by atoms with Crippen LogP contribution in [0.1, 0.15) is 48.9 Å². The summed E-state index contributed by atoms with van der Waals surface area (Å²) in [5.74, 6) is 0.280. The number of likely N-dealkylation sites (N-methyl/N-ethyl adjacent to an activating group) is 1. The summed E-state index contributed by atoms with van der Waals surface area (Å²) in [5, 5.41) is 11.2. The Morgan fingerprint density at radius 3 is 2.74 bits per heavy atom. The molecule has 0 unspecified atom stereocenters. The van der Waals surface area contributed by atoms with Gasteiger partial charge < -0.3 is 25.0 Å². The number of carbonyl (C=O) groups excluding carboxylic acids is 3. The van der Waals surface area contributed by atoms with Gasteiger partial charge in [0.2, 0.25) is 5.91 Å². The van der Waals surface area contributed by atoms with Crippen molar-refractivity contribution in [2.45, 2.75) is 62.8 Å². The molecule has 1 aliphatic carbocycles. The van der Waals surface area contributed by atoms with Crippen LogP contribution in [0.5, 0.6) is 5.75 Å². The number of rotatable bonds is 5. The first kappa shape index (κ1) is 23.6. The fourth-order valence-corrected chi connectivity index (χ4v) is 5.39. The van der Waals surface area contributed by atoms with Gasteiger partial charge in [0.15, 0.2) is 0 Å². The summed E-state index contributed by atoms with van der Waals surface area (Å²) in [5.41, 5.74) is 0.889. The van der Waals surface area contributed by atoms with Crippen LogP contribution in [0.3, 0.4) is 0 Å². The van der Waals surface area contributed by atoms with Crippen LogP contribution in [-0.2, 0) is 9.53 Å². The molecule has 0 spiro atoms. The van der Waals surface area contributed by atoms with Gasteiger partial charge in [-0.3, -0.25) is 14.9 Å². The summed E-state index contributed by atoms with van der Waals surface area (Å²) < 4.78 is 12.3. The van der Waals surface area contributed by atoms with Crippen LogP contribution in [-0.4, -0.2) is 60.7 Å². The van der Waals surface area contributed by atoms with E-state index in [4.69, 9.17) is 9.47 Å². The average molecular weight is 499 g/mol. The fourth-order valence-electron chi connectivity index (χ4n) is 4.78. The molecule has 3 N–H and O–H groups in total. The predicted octanol–water partition coefficient (Wildman–Crippen LogP) is 3.83. The van der Waals surface area contributed by atoms with Crippen molar-refractivity contribution in [2.24, 2.45) is 0 Å². The Labute approximate surface area is 208 Å². The second kappa shape index (κ2) is 10.2. The number of ether oxygens (including phenoxy) is 2. The van der Waals surface area contributed by atoms with Crippen molar-refractivity contribution in [3.8, 4) is 5.75 Å². The standard InChI is InChI=1S/C25H30N4O5S/c1-29-19-9-8-17(13-22(30)26-15-4-2-5-15)34-21(19)14-33-20-10-7-16(12-18(20)24(29)31)27-25(32)28-23-6-3-11-35-23/h3,6-7,10-12,15,17,19,21H,2,4-5,8-9,13-14H2,1H3,(H,26,30)(H2,27,28,32)/t17-,19+,21-/m1/s1. The molecule has 1 aromatic carbocycles. The zero-order chi connectivity index (χ0) is 24.4. The lowest BCUT2D eigenvalue weighted by atomic mass is 9.92. The van der Waals surface area contributed by atoms with Gasteiger partial charge >= 0.3 is 6.03 Å². The van der Waals surface area contributed by atoms with Crippen LogP contribution in [0.15, 0.2) is 35.7 Å². The van der Waals surface area contributed by atoms with Gasteiger partial charge in [-0.25, -0.2) is 4.79 Å². The molecule has 9 nitrogen and oxygen atoms in total. The monoisotopic (exact) mass is 498 g/mol. The van der Waals surface area contributed by atoms with E-state index >= 15 is 0 Å². The van der Waals surface area contributed by atoms with E-state index in [1.807, 2.05) is 17.5 Å². The van der Waals surface area contributed by atoms with Crippen molar-refractivity contribution < 1.29 is 23.9 Å². The number of carbonyl (C=O) groups is 3. The van der Waals surface area contributed by atoms with E-state index in [0.29, 0.717) is 35.9 Å². The maximum Gasteiger partial charge on any atom is 0.324 e. The number of urea groups is 1. The van der Waals surface area contributed by atoms with Crippen molar-refractivity contribution in [1.82, 2.24) is 10.2 Å². The molecule has 2 aliphatic heterocycles. The van der Waals surface area contributed by atoms with Gasteiger partial charge in [-0.1, -0.05) is 0 Å². The number of anilines is 2. The van der Waals surface area contributed by atoms with Crippen molar-refractivity contribution in [3.05, 3.63) is 41.3 Å². The lowest BCUT2D eigenvalue weighted by Gasteiger charge is -2.42. The largest absolute Gasteiger partial charge is 0.490 e. The quantitative estimate of drug-likeness (QED) is 0.581. The Morgan fingerprint density at radius 1 is 1.14 bits per heavy atom. The maximum absolute atomic E-state index is 13.4. The zero-order valence-electron chi connectivity index (χ0n) is 19.6. The van der Waals surface area contributed by atoms with Crippen LogP contribution < -0.4 is 20.7 Å². The van der Waals surface area contributed by atoms with E-state index < -0.39 is 0 Å². The lowest BCUT2D eigenvalue weighted by Crippen LogP contribution is -2.54. The van der Waals surface area contributed by atoms with Crippen molar-refractivity contribution in [1.29, 1.82) is 0 Å². The van der Waals surface area contributed by atoms with Crippen LogP contribution in [0.4, 0.5) is 15.5 Å². The Morgan fingerprint density at radius 2 is 2.00 bits per heavy atom. The summed E-state index contributed by atoms with van der Waals surface area (Å²) >= 11 is 1.42. The van der Waals surface area contributed by atoms with E-state index in [2.05, 4.69) is 16.0 Å². The number of amides is 4. The molecule has 10 heteroatoms. The number of hydrogen-bond acceptors (Lipinski definition) is 6. The van der Waals surface area contributed by atoms with Gasteiger partial charge in [-0.15, -0.1) is 11.3 Å². The molecule has 1 saturated heterocycles. The summed E-state index contributed by atoms with van der Waals surface area (Å²) in [4.78, 5) is 39.7. The minimum atomic E-state index is -0.381. The van der Waals surface area contributed by atoms with E-state index in [0.717, 1.165) is 24.3 Å². The number of thiophene rings is 1. The normalized spacial score (nSPS) is 24.1. The average Bonchev–Trinajstić information content (AvgIpc) is 3.32. The minimum absolute atomic E-state index is 0.0304. The molecular formula is C25H30N4O5S. The highest BCUT2D eigenvalue weighted by atomic mass is 32.1. The van der Waals surface area contributed by atoms with E-state index in [1.165, 1.54) is 17.8 Å². The Hall–Kier alpha value is -3.11. The molecule has 1 aromatic heterocycles. The number of benzene rings is 1. The Kier molecular flexibility index (Phi) is 6.92. The molecule has 0 bridgehead atoms. The molecule has 2 fully saturated rings. The second-order valence-electron chi connectivity index (χ2n) is 9.34. The molecule has 1 saturated carbocycles. The van der Waals surface area contributed by atoms with Gasteiger partial charge in [0.25, 0.3) is 5.91 Å². The third kappa shape index (κ3) is 5.43. The van der Waals surface area contributed by atoms with E-state index in [-0.39, 0.29) is 42.7 Å². The molecule has 35 heavy (non-hydrogen) atoms. The van der Waals surface area contributed by atoms with Crippen molar-refractivity contribution in [2.75, 3.05) is 24.3 Å². The van der Waals surface area contributed by atoms with Crippen LogP contribution in [0.25, 0.3) is 0 Å². The number of nitrogens with one attached hydrogen (secondary N) is 3. The topological polar surface area (TPSA) is 109 Å². The smallest absolute Gasteiger partial charge is 0.324 e. The van der Waals surface area contributed by atoms with E-state index in [9.17, 15) is 14.4 Å². The molecule has 2 aromatic rings. The summed E-state index contributed by atoms with van der Waals surface area (Å²) in [6, 6.07) is 8.47. The number of nitrogens with zero attached hydrogens (tertiary/aromatic N) is 1. The molecule has 186 valence electrons. The lowest BCUT2D eigenvalue weighted by molar-refractivity contribution is -0.135. The molecule has 4 amide bonds. The first-order valence-corrected chi connectivity index (χ1v) is 12.9. The summed E-state index contributed by atoms with van der Waals surface area (Å²) in [6.07, 6.45) is 4.54. The van der Waals surface area contributed by atoms with Gasteiger partial charge in [0.1, 0.15) is 18.5 Å². The Balaban J connectivity index is 1.24. The van der Waals surface area contributed by atoms with Gasteiger partial charge in [-0.2, -0.15) is 0 Å². The third-order valence-electron chi connectivity index (χ3n) is 6.91. The van der Waals surface area contributed by atoms with Gasteiger partial charge in [0.05, 0.1) is 29.1 Å². The second-order valence-corrected chi connectivity index (χ2v) is 10.3. The van der Waals surface area contributed by atoms with Gasteiger partial charge in [0, 0.05) is 18.8 Å².